The van der Waals surface area contributed by atoms with E-state index >= 15 is 0 Å². The van der Waals surface area contributed by atoms with Crippen LogP contribution in [-0.4, -0.2) is 28.1 Å². The standard InChI is InChI=1S/C18H14ClN3O6/c1-26-13-5-2-11(3-6-13)18-20-16(28-21-18)8-9-17(23)27-15-7-4-12(22(24)25)10-14(15)19/h2-7,10H,8-9H2,1H3. The van der Waals surface area contributed by atoms with Crippen LogP contribution in [0, 0.1) is 10.1 Å². The molecule has 0 aliphatic carbocycles. The Kier molecular flexibility index (Phi) is 5.85. The van der Waals surface area contributed by atoms with Crippen molar-refractivity contribution >= 4 is 23.3 Å². The van der Waals surface area contributed by atoms with Gasteiger partial charge >= 0.3 is 5.97 Å². The zero-order valence-corrected chi connectivity index (χ0v) is 15.4. The fourth-order valence-electron chi connectivity index (χ4n) is 2.28. The fraction of sp³-hybridized carbons (Fsp3) is 0.167. The number of carbonyl (C=O) groups is 1. The molecule has 0 saturated heterocycles. The number of benzene rings is 2. The molecular formula is C18H14ClN3O6. The summed E-state index contributed by atoms with van der Waals surface area (Å²) >= 11 is 5.90. The summed E-state index contributed by atoms with van der Waals surface area (Å²) in [6.45, 7) is 0. The zero-order chi connectivity index (χ0) is 20.1. The zero-order valence-electron chi connectivity index (χ0n) is 14.6. The van der Waals surface area contributed by atoms with E-state index in [1.54, 1.807) is 31.4 Å². The van der Waals surface area contributed by atoms with E-state index in [1.807, 2.05) is 0 Å². The van der Waals surface area contributed by atoms with E-state index in [1.165, 1.54) is 12.1 Å². The lowest BCUT2D eigenvalue weighted by molar-refractivity contribution is -0.384. The number of ether oxygens (including phenoxy) is 2. The number of halogens is 1. The van der Waals surface area contributed by atoms with E-state index < -0.39 is 10.9 Å². The van der Waals surface area contributed by atoms with Crippen molar-refractivity contribution in [2.45, 2.75) is 12.8 Å². The predicted molar refractivity (Wildman–Crippen MR) is 98.3 cm³/mol. The molecule has 0 aliphatic rings. The van der Waals surface area contributed by atoms with E-state index in [4.69, 9.17) is 25.6 Å². The lowest BCUT2D eigenvalue weighted by Gasteiger charge is -2.05. The number of aryl methyl sites for hydroxylation is 1. The SMILES string of the molecule is COc1ccc(-c2noc(CCC(=O)Oc3ccc([N+](=O)[O-])cc3Cl)n2)cc1. The van der Waals surface area contributed by atoms with Crippen LogP contribution in [0.3, 0.4) is 0 Å². The number of esters is 1. The van der Waals surface area contributed by atoms with Crippen LogP contribution >= 0.6 is 11.6 Å². The summed E-state index contributed by atoms with van der Waals surface area (Å²) in [6, 6.07) is 10.7. The van der Waals surface area contributed by atoms with Gasteiger partial charge in [-0.3, -0.25) is 14.9 Å². The van der Waals surface area contributed by atoms with Crippen LogP contribution in [-0.2, 0) is 11.2 Å². The third kappa shape index (κ3) is 4.63. The van der Waals surface area contributed by atoms with Crippen molar-refractivity contribution in [2.24, 2.45) is 0 Å². The van der Waals surface area contributed by atoms with Crippen LogP contribution in [0.4, 0.5) is 5.69 Å². The summed E-state index contributed by atoms with van der Waals surface area (Å²) in [5.74, 6) is 0.837. The van der Waals surface area contributed by atoms with Gasteiger partial charge in [0.1, 0.15) is 11.5 Å². The molecule has 1 aromatic heterocycles. The Morgan fingerprint density at radius 2 is 2.00 bits per heavy atom. The average Bonchev–Trinajstić information content (AvgIpc) is 3.17. The highest BCUT2D eigenvalue weighted by molar-refractivity contribution is 6.32. The maximum Gasteiger partial charge on any atom is 0.311 e. The van der Waals surface area contributed by atoms with Crippen molar-refractivity contribution < 1.29 is 23.7 Å². The topological polar surface area (TPSA) is 118 Å². The number of non-ortho nitro benzene ring substituents is 1. The quantitative estimate of drug-likeness (QED) is 0.252. The van der Waals surface area contributed by atoms with Crippen LogP contribution in [0.15, 0.2) is 47.0 Å². The highest BCUT2D eigenvalue weighted by Gasteiger charge is 2.15. The third-order valence-corrected chi connectivity index (χ3v) is 4.00. The molecule has 0 spiro atoms. The molecule has 10 heteroatoms. The maximum atomic E-state index is 12.0. The Morgan fingerprint density at radius 3 is 2.64 bits per heavy atom. The Balaban J connectivity index is 1.58. The minimum Gasteiger partial charge on any atom is -0.497 e. The van der Waals surface area contributed by atoms with Gasteiger partial charge in [0.05, 0.1) is 23.5 Å². The molecule has 0 radical (unpaired) electrons. The van der Waals surface area contributed by atoms with Gasteiger partial charge in [-0.1, -0.05) is 16.8 Å². The normalized spacial score (nSPS) is 10.5. The van der Waals surface area contributed by atoms with Crippen molar-refractivity contribution in [3.05, 3.63) is 63.5 Å². The summed E-state index contributed by atoms with van der Waals surface area (Å²) in [4.78, 5) is 26.3. The van der Waals surface area contributed by atoms with Gasteiger partial charge in [0.2, 0.25) is 11.7 Å². The van der Waals surface area contributed by atoms with Crippen molar-refractivity contribution in [3.63, 3.8) is 0 Å². The average molecular weight is 404 g/mol. The van der Waals surface area contributed by atoms with Crippen LogP contribution in [0.2, 0.25) is 5.02 Å². The molecule has 9 nitrogen and oxygen atoms in total. The summed E-state index contributed by atoms with van der Waals surface area (Å²) in [6.07, 6.45) is 0.143. The van der Waals surface area contributed by atoms with Gasteiger partial charge in [0.15, 0.2) is 0 Å². The number of nitrogens with zero attached hydrogens (tertiary/aromatic N) is 3. The molecule has 0 N–H and O–H groups in total. The van der Waals surface area contributed by atoms with Gasteiger partial charge in [0.25, 0.3) is 5.69 Å². The van der Waals surface area contributed by atoms with Gasteiger partial charge in [0, 0.05) is 24.1 Å². The molecule has 0 bridgehead atoms. The van der Waals surface area contributed by atoms with Gasteiger partial charge in [-0.05, 0) is 30.3 Å². The second kappa shape index (κ2) is 8.49. The predicted octanol–water partition coefficient (Wildman–Crippen LogP) is 3.85. The minimum absolute atomic E-state index is 0.0258. The van der Waals surface area contributed by atoms with E-state index in [0.29, 0.717) is 11.6 Å². The number of nitro groups is 1. The maximum absolute atomic E-state index is 12.0. The second-order valence-corrected chi connectivity index (χ2v) is 5.99. The first-order valence-corrected chi connectivity index (χ1v) is 8.45. The first kappa shape index (κ1) is 19.3. The third-order valence-electron chi connectivity index (χ3n) is 3.71. The molecule has 3 rings (SSSR count). The molecule has 0 aliphatic heterocycles. The first-order valence-electron chi connectivity index (χ1n) is 8.08. The van der Waals surface area contributed by atoms with Gasteiger partial charge in [-0.25, -0.2) is 0 Å². The van der Waals surface area contributed by atoms with Crippen LogP contribution in [0.1, 0.15) is 12.3 Å². The molecule has 0 atom stereocenters. The molecule has 0 saturated carbocycles. The number of methoxy groups -OCH3 is 1. The highest BCUT2D eigenvalue weighted by Crippen LogP contribution is 2.29. The Labute approximate surface area is 164 Å². The Morgan fingerprint density at radius 1 is 1.25 bits per heavy atom. The van der Waals surface area contributed by atoms with Crippen LogP contribution in [0.5, 0.6) is 11.5 Å². The van der Waals surface area contributed by atoms with Gasteiger partial charge in [-0.15, -0.1) is 0 Å². The van der Waals surface area contributed by atoms with E-state index in [9.17, 15) is 14.9 Å². The number of hydrogen-bond donors (Lipinski definition) is 0. The largest absolute Gasteiger partial charge is 0.497 e. The number of nitro benzene ring substituents is 1. The second-order valence-electron chi connectivity index (χ2n) is 5.59. The smallest absolute Gasteiger partial charge is 0.311 e. The van der Waals surface area contributed by atoms with Crippen LogP contribution in [0.25, 0.3) is 11.4 Å². The van der Waals surface area contributed by atoms with E-state index in [0.717, 1.165) is 11.6 Å². The van der Waals surface area contributed by atoms with Crippen molar-refractivity contribution in [1.82, 2.24) is 10.1 Å². The van der Waals surface area contributed by atoms with Crippen molar-refractivity contribution in [1.29, 1.82) is 0 Å². The molecule has 0 fully saturated rings. The van der Waals surface area contributed by atoms with E-state index in [-0.39, 0.29) is 35.2 Å². The summed E-state index contributed by atoms with van der Waals surface area (Å²) in [5.41, 5.74) is 0.553. The van der Waals surface area contributed by atoms with Crippen LogP contribution < -0.4 is 9.47 Å². The Bertz CT molecular complexity index is 1000. The molecular weight excluding hydrogens is 390 g/mol. The van der Waals surface area contributed by atoms with Crippen molar-refractivity contribution in [2.75, 3.05) is 7.11 Å². The molecule has 2 aromatic carbocycles. The lowest BCUT2D eigenvalue weighted by Crippen LogP contribution is -2.09. The summed E-state index contributed by atoms with van der Waals surface area (Å²) < 4.78 is 15.4. The molecule has 28 heavy (non-hydrogen) atoms. The molecule has 0 unspecified atom stereocenters. The molecule has 144 valence electrons. The lowest BCUT2D eigenvalue weighted by atomic mass is 10.2. The number of hydrogen-bond acceptors (Lipinski definition) is 8. The number of carbonyl (C=O) groups excluding carboxylic acids is 1. The molecule has 3 aromatic rings. The summed E-state index contributed by atoms with van der Waals surface area (Å²) in [7, 11) is 1.57. The van der Waals surface area contributed by atoms with Gasteiger partial charge in [-0.2, -0.15) is 4.98 Å². The van der Waals surface area contributed by atoms with E-state index in [2.05, 4.69) is 10.1 Å². The number of aromatic nitrogens is 2. The first-order chi connectivity index (χ1) is 13.5. The monoisotopic (exact) mass is 403 g/mol. The van der Waals surface area contributed by atoms with Crippen molar-refractivity contribution in [3.8, 4) is 22.9 Å². The van der Waals surface area contributed by atoms with Gasteiger partial charge < -0.3 is 14.0 Å². The minimum atomic E-state index is -0.590. The number of rotatable bonds is 7. The highest BCUT2D eigenvalue weighted by atomic mass is 35.5. The summed E-state index contributed by atoms with van der Waals surface area (Å²) in [5, 5.41) is 14.5. The Hall–Kier alpha value is -3.46. The molecule has 0 amide bonds. The fourth-order valence-corrected chi connectivity index (χ4v) is 2.50. The molecule has 1 heterocycles.